The van der Waals surface area contributed by atoms with Gasteiger partial charge in [0, 0.05) is 45.0 Å². The molecule has 0 spiro atoms. The number of hydrogen-bond acceptors (Lipinski definition) is 3. The number of carbonyl (C=O) groups excluding carboxylic acids is 2. The van der Waals surface area contributed by atoms with Crippen LogP contribution in [0.25, 0.3) is 0 Å². The van der Waals surface area contributed by atoms with Crippen LogP contribution in [-0.4, -0.2) is 35.1 Å². The molecular weight excluding hydrogens is 482 g/mol. The quantitative estimate of drug-likeness (QED) is 0.433. The molecule has 4 nitrogen and oxygen atoms in total. The van der Waals surface area contributed by atoms with Gasteiger partial charge in [0.15, 0.2) is 0 Å². The van der Waals surface area contributed by atoms with Gasteiger partial charge in [0.2, 0.25) is 11.8 Å². The summed E-state index contributed by atoms with van der Waals surface area (Å²) in [5, 5.41) is 3.92. The summed E-state index contributed by atoms with van der Waals surface area (Å²) in [5.41, 5.74) is 0.919. The van der Waals surface area contributed by atoms with E-state index in [4.69, 9.17) is 34.8 Å². The molecule has 2 amide bonds. The Balaban J connectivity index is 2.22. The van der Waals surface area contributed by atoms with Crippen molar-refractivity contribution in [3.05, 3.63) is 68.4 Å². The molecule has 0 heterocycles. The number of nitrogens with one attached hydrogen (secondary N) is 1. The Kier molecular flexibility index (Phi) is 10.4. The fourth-order valence-electron chi connectivity index (χ4n) is 3.06. The number of amides is 2. The SMILES string of the molecule is CCNC(=O)[C@H](CC)N(Cc1c(Cl)cccc1Cl)C(=O)CSCc1c(F)cccc1Cl. The molecule has 0 radical (unpaired) electrons. The van der Waals surface area contributed by atoms with Crippen molar-refractivity contribution < 1.29 is 14.0 Å². The third-order valence-corrected chi connectivity index (χ3v) is 6.67. The van der Waals surface area contributed by atoms with Gasteiger partial charge in [-0.25, -0.2) is 4.39 Å². The largest absolute Gasteiger partial charge is 0.355 e. The van der Waals surface area contributed by atoms with Crippen LogP contribution < -0.4 is 5.32 Å². The van der Waals surface area contributed by atoms with Gasteiger partial charge in [0.25, 0.3) is 0 Å². The molecule has 0 unspecified atom stereocenters. The van der Waals surface area contributed by atoms with E-state index >= 15 is 0 Å². The van der Waals surface area contributed by atoms with E-state index in [1.807, 2.05) is 13.8 Å². The first-order valence-corrected chi connectivity index (χ1v) is 12.1. The van der Waals surface area contributed by atoms with Crippen LogP contribution in [-0.2, 0) is 21.9 Å². The minimum absolute atomic E-state index is 0.0443. The van der Waals surface area contributed by atoms with Crippen molar-refractivity contribution in [2.45, 2.75) is 38.6 Å². The zero-order valence-corrected chi connectivity index (χ0v) is 20.3. The molecule has 0 aromatic heterocycles. The van der Waals surface area contributed by atoms with E-state index in [1.165, 1.54) is 28.8 Å². The number of carbonyl (C=O) groups is 2. The summed E-state index contributed by atoms with van der Waals surface area (Å²) in [4.78, 5) is 27.3. The normalized spacial score (nSPS) is 11.8. The minimum atomic E-state index is -0.683. The number of nitrogens with zero attached hydrogens (tertiary/aromatic N) is 1. The third kappa shape index (κ3) is 7.01. The van der Waals surface area contributed by atoms with Crippen LogP contribution in [0.5, 0.6) is 0 Å². The maximum atomic E-state index is 14.0. The Morgan fingerprint density at radius 3 is 2.16 bits per heavy atom. The predicted molar refractivity (Wildman–Crippen MR) is 127 cm³/mol. The summed E-state index contributed by atoms with van der Waals surface area (Å²) in [6.45, 7) is 4.19. The van der Waals surface area contributed by atoms with Gasteiger partial charge in [-0.2, -0.15) is 0 Å². The predicted octanol–water partition coefficient (Wildman–Crippen LogP) is 5.96. The maximum absolute atomic E-state index is 14.0. The second kappa shape index (κ2) is 12.5. The number of rotatable bonds is 10. The van der Waals surface area contributed by atoms with Crippen LogP contribution >= 0.6 is 46.6 Å². The highest BCUT2D eigenvalue weighted by atomic mass is 35.5. The van der Waals surface area contributed by atoms with Crippen LogP contribution in [0, 0.1) is 5.82 Å². The fraction of sp³-hybridized carbons (Fsp3) is 0.364. The van der Waals surface area contributed by atoms with Crippen molar-refractivity contribution in [3.8, 4) is 0 Å². The third-order valence-electron chi connectivity index (χ3n) is 4.66. The van der Waals surface area contributed by atoms with Gasteiger partial charge in [-0.15, -0.1) is 11.8 Å². The lowest BCUT2D eigenvalue weighted by Gasteiger charge is -2.31. The highest BCUT2D eigenvalue weighted by Crippen LogP contribution is 2.28. The summed E-state index contributed by atoms with van der Waals surface area (Å²) in [6, 6.07) is 8.88. The molecule has 0 aliphatic heterocycles. The Morgan fingerprint density at radius 1 is 1.03 bits per heavy atom. The van der Waals surface area contributed by atoms with E-state index in [2.05, 4.69) is 5.32 Å². The van der Waals surface area contributed by atoms with Crippen molar-refractivity contribution in [2.24, 2.45) is 0 Å². The molecule has 0 fully saturated rings. The summed E-state index contributed by atoms with van der Waals surface area (Å²) in [5.74, 6) is -0.658. The molecule has 2 aromatic carbocycles. The van der Waals surface area contributed by atoms with Gasteiger partial charge in [-0.3, -0.25) is 9.59 Å². The van der Waals surface area contributed by atoms with Crippen molar-refractivity contribution >= 4 is 58.4 Å². The van der Waals surface area contributed by atoms with E-state index < -0.39 is 11.9 Å². The fourth-order valence-corrected chi connectivity index (χ4v) is 4.82. The molecule has 0 saturated heterocycles. The first-order chi connectivity index (χ1) is 14.8. The lowest BCUT2D eigenvalue weighted by molar-refractivity contribution is -0.139. The molecular formula is C22H24Cl3FN2O2S. The first kappa shape index (κ1) is 25.8. The Bertz CT molecular complexity index is 889. The number of hydrogen-bond donors (Lipinski definition) is 1. The molecule has 2 rings (SSSR count). The summed E-state index contributed by atoms with van der Waals surface area (Å²) in [7, 11) is 0. The smallest absolute Gasteiger partial charge is 0.242 e. The van der Waals surface area contributed by atoms with Gasteiger partial charge in [0.1, 0.15) is 11.9 Å². The van der Waals surface area contributed by atoms with E-state index in [-0.39, 0.29) is 29.9 Å². The zero-order chi connectivity index (χ0) is 23.0. The van der Waals surface area contributed by atoms with E-state index in [9.17, 15) is 14.0 Å². The van der Waals surface area contributed by atoms with Crippen LogP contribution in [0.15, 0.2) is 36.4 Å². The van der Waals surface area contributed by atoms with Gasteiger partial charge in [-0.05, 0) is 37.6 Å². The Morgan fingerprint density at radius 2 is 1.61 bits per heavy atom. The van der Waals surface area contributed by atoms with Crippen molar-refractivity contribution in [3.63, 3.8) is 0 Å². The summed E-state index contributed by atoms with van der Waals surface area (Å²) >= 11 is 19.9. The lowest BCUT2D eigenvalue weighted by Crippen LogP contribution is -2.49. The monoisotopic (exact) mass is 504 g/mol. The average molecular weight is 506 g/mol. The highest BCUT2D eigenvalue weighted by molar-refractivity contribution is 7.99. The second-order valence-corrected chi connectivity index (χ2v) is 8.94. The van der Waals surface area contributed by atoms with E-state index in [0.29, 0.717) is 39.2 Å². The summed E-state index contributed by atoms with van der Waals surface area (Å²) in [6.07, 6.45) is 0.420. The van der Waals surface area contributed by atoms with Crippen molar-refractivity contribution in [1.29, 1.82) is 0 Å². The van der Waals surface area contributed by atoms with Gasteiger partial charge < -0.3 is 10.2 Å². The molecule has 168 valence electrons. The number of thioether (sulfide) groups is 1. The van der Waals surface area contributed by atoms with E-state index in [1.54, 1.807) is 24.3 Å². The molecule has 1 atom stereocenters. The van der Waals surface area contributed by atoms with Crippen LogP contribution in [0.4, 0.5) is 4.39 Å². The zero-order valence-electron chi connectivity index (χ0n) is 17.3. The standard InChI is InChI=1S/C22H24Cl3FN2O2S/c1-3-20(22(30)27-4-2)28(11-14-16(23)7-5-8-17(14)24)21(29)13-31-12-15-18(25)9-6-10-19(15)26/h5-10,20H,3-4,11-13H2,1-2H3,(H,27,30)/t20-/m0/s1. The minimum Gasteiger partial charge on any atom is -0.355 e. The summed E-state index contributed by atoms with van der Waals surface area (Å²) < 4.78 is 14.0. The van der Waals surface area contributed by atoms with Gasteiger partial charge in [-0.1, -0.05) is 53.9 Å². The molecule has 31 heavy (non-hydrogen) atoms. The second-order valence-electron chi connectivity index (χ2n) is 6.73. The molecule has 0 aliphatic carbocycles. The van der Waals surface area contributed by atoms with Crippen LogP contribution in [0.3, 0.4) is 0 Å². The van der Waals surface area contributed by atoms with Crippen molar-refractivity contribution in [1.82, 2.24) is 10.2 Å². The Labute approximate surface area is 201 Å². The molecule has 2 aromatic rings. The topological polar surface area (TPSA) is 49.4 Å². The van der Waals surface area contributed by atoms with Crippen LogP contribution in [0.2, 0.25) is 15.1 Å². The number of benzene rings is 2. The number of likely N-dealkylation sites (N-methyl/N-ethyl adjacent to an activating group) is 1. The first-order valence-electron chi connectivity index (χ1n) is 9.80. The molecule has 0 saturated carbocycles. The average Bonchev–Trinajstić information content (AvgIpc) is 2.72. The van der Waals surface area contributed by atoms with Gasteiger partial charge >= 0.3 is 0 Å². The maximum Gasteiger partial charge on any atom is 0.242 e. The molecule has 0 bridgehead atoms. The van der Waals surface area contributed by atoms with Gasteiger partial charge in [0.05, 0.1) is 5.75 Å². The van der Waals surface area contributed by atoms with E-state index in [0.717, 1.165) is 0 Å². The lowest BCUT2D eigenvalue weighted by atomic mass is 10.1. The molecule has 9 heteroatoms. The highest BCUT2D eigenvalue weighted by Gasteiger charge is 2.29. The molecule has 0 aliphatic rings. The Hall–Kier alpha value is -1.47. The molecule has 1 N–H and O–H groups in total. The number of halogens is 4. The van der Waals surface area contributed by atoms with Crippen molar-refractivity contribution in [2.75, 3.05) is 12.3 Å². The van der Waals surface area contributed by atoms with Crippen LogP contribution in [0.1, 0.15) is 31.4 Å².